The van der Waals surface area contributed by atoms with Crippen LogP contribution >= 0.6 is 0 Å². The van der Waals surface area contributed by atoms with E-state index < -0.39 is 0 Å². The number of fused-ring (bicyclic) bond motifs is 1. The highest BCUT2D eigenvalue weighted by Crippen LogP contribution is 2.36. The number of ether oxygens (including phenoxy) is 1. The zero-order valence-electron chi connectivity index (χ0n) is 14.1. The largest absolute Gasteiger partial charge is 0.462 e. The predicted octanol–water partition coefficient (Wildman–Crippen LogP) is 4.24. The van der Waals surface area contributed by atoms with E-state index in [1.165, 1.54) is 17.7 Å². The van der Waals surface area contributed by atoms with Gasteiger partial charge in [0.25, 0.3) is 0 Å². The highest BCUT2D eigenvalue weighted by molar-refractivity contribution is 5.91. The summed E-state index contributed by atoms with van der Waals surface area (Å²) in [6.07, 6.45) is 2.17. The summed E-state index contributed by atoms with van der Waals surface area (Å²) in [7, 11) is 0. The van der Waals surface area contributed by atoms with Crippen LogP contribution in [-0.4, -0.2) is 17.6 Å². The van der Waals surface area contributed by atoms with Gasteiger partial charge in [0.1, 0.15) is 0 Å². The molecule has 0 spiro atoms. The minimum Gasteiger partial charge on any atom is -0.462 e. The molecule has 2 unspecified atom stereocenters. The lowest BCUT2D eigenvalue weighted by Gasteiger charge is -2.30. The topological polar surface area (TPSA) is 39.2 Å². The molecule has 0 aliphatic heterocycles. The number of carbonyl (C=O) groups is 1. The van der Waals surface area contributed by atoms with Gasteiger partial charge < -0.3 is 4.74 Å². The Labute approximate surface area is 128 Å². The van der Waals surface area contributed by atoms with E-state index in [-0.39, 0.29) is 11.4 Å². The van der Waals surface area contributed by atoms with E-state index in [1.807, 2.05) is 13.0 Å². The van der Waals surface area contributed by atoms with Crippen molar-refractivity contribution in [2.75, 3.05) is 6.61 Å². The average Bonchev–Trinajstić information content (AvgIpc) is 2.36. The molecule has 116 valence electrons. The van der Waals surface area contributed by atoms with Gasteiger partial charge in [-0.05, 0) is 43.2 Å². The smallest absolute Gasteiger partial charge is 0.340 e. The van der Waals surface area contributed by atoms with Crippen LogP contribution in [0.25, 0.3) is 0 Å². The number of esters is 1. The van der Waals surface area contributed by atoms with Crippen molar-refractivity contribution in [1.29, 1.82) is 0 Å². The lowest BCUT2D eigenvalue weighted by Crippen LogP contribution is -2.25. The first-order chi connectivity index (χ1) is 9.74. The summed E-state index contributed by atoms with van der Waals surface area (Å²) in [6.45, 7) is 13.0. The lowest BCUT2D eigenvalue weighted by atomic mass is 9.79. The molecule has 3 nitrogen and oxygen atoms in total. The second-order valence-electron chi connectivity index (χ2n) is 7.35. The Morgan fingerprint density at radius 2 is 2.05 bits per heavy atom. The van der Waals surface area contributed by atoms with Gasteiger partial charge in [-0.1, -0.05) is 34.6 Å². The first-order valence-corrected chi connectivity index (χ1v) is 7.95. The second kappa shape index (κ2) is 5.78. The Hall–Kier alpha value is -1.38. The fourth-order valence-electron chi connectivity index (χ4n) is 3.27. The molecule has 0 saturated heterocycles. The third-order valence-electron chi connectivity index (χ3n) is 4.13. The molecular formula is C18H27NO2. The Morgan fingerprint density at radius 3 is 2.62 bits per heavy atom. The van der Waals surface area contributed by atoms with Crippen LogP contribution in [0.4, 0.5) is 0 Å². The van der Waals surface area contributed by atoms with E-state index in [4.69, 9.17) is 9.72 Å². The monoisotopic (exact) mass is 289 g/mol. The Morgan fingerprint density at radius 1 is 1.38 bits per heavy atom. The first kappa shape index (κ1) is 16.0. The van der Waals surface area contributed by atoms with Crippen LogP contribution in [-0.2, 0) is 16.6 Å². The standard InChI is InChI=1S/C18H27NO2/c1-7-21-17(20)14-10-13-9-11(2)8-12(3)15(13)19-16(14)18(4,5)6/h10-12H,7-9H2,1-6H3. The van der Waals surface area contributed by atoms with Gasteiger partial charge in [0.05, 0.1) is 17.9 Å². The SMILES string of the molecule is CCOC(=O)c1cc2c(nc1C(C)(C)C)C(C)CC(C)C2. The van der Waals surface area contributed by atoms with Crippen molar-refractivity contribution in [3.05, 3.63) is 28.6 Å². The minimum absolute atomic E-state index is 0.167. The molecule has 1 aliphatic carbocycles. The summed E-state index contributed by atoms with van der Waals surface area (Å²) >= 11 is 0. The lowest BCUT2D eigenvalue weighted by molar-refractivity contribution is 0.0522. The summed E-state index contributed by atoms with van der Waals surface area (Å²) in [4.78, 5) is 17.2. The molecule has 0 bridgehead atoms. The predicted molar refractivity (Wildman–Crippen MR) is 84.8 cm³/mol. The Balaban J connectivity index is 2.58. The summed E-state index contributed by atoms with van der Waals surface area (Å²) in [6, 6.07) is 2.03. The maximum atomic E-state index is 12.3. The van der Waals surface area contributed by atoms with E-state index >= 15 is 0 Å². The van der Waals surface area contributed by atoms with Crippen LogP contribution in [0.2, 0.25) is 0 Å². The van der Waals surface area contributed by atoms with Gasteiger partial charge in [0.2, 0.25) is 0 Å². The zero-order chi connectivity index (χ0) is 15.8. The average molecular weight is 289 g/mol. The molecule has 0 fully saturated rings. The third kappa shape index (κ3) is 3.28. The van der Waals surface area contributed by atoms with Crippen molar-refractivity contribution in [2.45, 2.75) is 65.7 Å². The van der Waals surface area contributed by atoms with E-state index in [9.17, 15) is 4.79 Å². The quantitative estimate of drug-likeness (QED) is 0.764. The molecule has 0 amide bonds. The molecule has 2 atom stereocenters. The van der Waals surface area contributed by atoms with Crippen molar-refractivity contribution in [3.8, 4) is 0 Å². The number of carbonyl (C=O) groups excluding carboxylic acids is 1. The molecule has 0 radical (unpaired) electrons. The van der Waals surface area contributed by atoms with Gasteiger partial charge in [-0.2, -0.15) is 0 Å². The van der Waals surface area contributed by atoms with Crippen molar-refractivity contribution in [3.63, 3.8) is 0 Å². The fourth-order valence-corrected chi connectivity index (χ4v) is 3.27. The van der Waals surface area contributed by atoms with Gasteiger partial charge in [-0.25, -0.2) is 4.79 Å². The van der Waals surface area contributed by atoms with E-state index in [1.54, 1.807) is 0 Å². The molecule has 0 aromatic carbocycles. The Kier molecular flexibility index (Phi) is 4.40. The zero-order valence-corrected chi connectivity index (χ0v) is 14.1. The molecule has 1 aliphatic rings. The number of nitrogens with zero attached hydrogens (tertiary/aromatic N) is 1. The third-order valence-corrected chi connectivity index (χ3v) is 4.13. The normalized spacial score (nSPS) is 21.8. The molecule has 2 rings (SSSR count). The van der Waals surface area contributed by atoms with Crippen LogP contribution in [0, 0.1) is 5.92 Å². The summed E-state index contributed by atoms with van der Waals surface area (Å²) in [5.41, 5.74) is 3.73. The minimum atomic E-state index is -0.247. The number of rotatable bonds is 2. The summed E-state index contributed by atoms with van der Waals surface area (Å²) < 4.78 is 5.23. The number of aromatic nitrogens is 1. The fraction of sp³-hybridized carbons (Fsp3) is 0.667. The highest BCUT2D eigenvalue weighted by atomic mass is 16.5. The highest BCUT2D eigenvalue weighted by Gasteiger charge is 2.30. The van der Waals surface area contributed by atoms with Crippen LogP contribution in [0.3, 0.4) is 0 Å². The Bertz CT molecular complexity index is 543. The molecule has 1 heterocycles. The van der Waals surface area contributed by atoms with Crippen LogP contribution in [0.15, 0.2) is 6.07 Å². The van der Waals surface area contributed by atoms with Crippen molar-refractivity contribution < 1.29 is 9.53 Å². The molecule has 3 heteroatoms. The summed E-state index contributed by atoms with van der Waals surface area (Å²) in [5.74, 6) is 0.856. The van der Waals surface area contributed by atoms with Gasteiger partial charge in [0, 0.05) is 11.1 Å². The van der Waals surface area contributed by atoms with Gasteiger partial charge in [-0.15, -0.1) is 0 Å². The van der Waals surface area contributed by atoms with Crippen molar-refractivity contribution in [2.24, 2.45) is 5.92 Å². The number of hydrogen-bond donors (Lipinski definition) is 0. The molecule has 0 saturated carbocycles. The van der Waals surface area contributed by atoms with Gasteiger partial charge >= 0.3 is 5.97 Å². The van der Waals surface area contributed by atoms with Crippen molar-refractivity contribution in [1.82, 2.24) is 4.98 Å². The number of hydrogen-bond acceptors (Lipinski definition) is 3. The molecule has 1 aromatic rings. The molecule has 21 heavy (non-hydrogen) atoms. The van der Waals surface area contributed by atoms with Crippen LogP contribution in [0.5, 0.6) is 0 Å². The maximum Gasteiger partial charge on any atom is 0.340 e. The number of pyridine rings is 1. The van der Waals surface area contributed by atoms with Crippen molar-refractivity contribution >= 4 is 5.97 Å². The van der Waals surface area contributed by atoms with E-state index in [2.05, 4.69) is 34.6 Å². The molecular weight excluding hydrogens is 262 g/mol. The summed E-state index contributed by atoms with van der Waals surface area (Å²) in [5, 5.41) is 0. The van der Waals surface area contributed by atoms with Crippen LogP contribution < -0.4 is 0 Å². The maximum absolute atomic E-state index is 12.3. The molecule has 1 aromatic heterocycles. The first-order valence-electron chi connectivity index (χ1n) is 7.95. The van der Waals surface area contributed by atoms with E-state index in [0.717, 1.165) is 12.1 Å². The second-order valence-corrected chi connectivity index (χ2v) is 7.35. The van der Waals surface area contributed by atoms with Gasteiger partial charge in [-0.3, -0.25) is 4.98 Å². The van der Waals surface area contributed by atoms with Crippen LogP contribution in [0.1, 0.15) is 81.2 Å². The van der Waals surface area contributed by atoms with Gasteiger partial charge in [0.15, 0.2) is 0 Å². The van der Waals surface area contributed by atoms with E-state index in [0.29, 0.717) is 24.0 Å². The molecule has 0 N–H and O–H groups in total.